The maximum Gasteiger partial charge on any atom is 0.330 e. The van der Waals surface area contributed by atoms with Gasteiger partial charge in [0.15, 0.2) is 0 Å². The van der Waals surface area contributed by atoms with Crippen LogP contribution < -0.4 is 0 Å². The molecule has 2 atom stereocenters. The topological polar surface area (TPSA) is 99.1 Å². The molecule has 0 saturated heterocycles. The minimum Gasteiger partial charge on any atom is -0.466 e. The van der Waals surface area contributed by atoms with Crippen molar-refractivity contribution in [2.45, 2.75) is 96.7 Å². The van der Waals surface area contributed by atoms with Crippen LogP contribution in [0.3, 0.4) is 0 Å². The molecule has 7 nitrogen and oxygen atoms in total. The molecule has 0 aromatic carbocycles. The van der Waals surface area contributed by atoms with Crippen LogP contribution in [0.25, 0.3) is 0 Å². The lowest BCUT2D eigenvalue weighted by Gasteiger charge is -2.25. The maximum absolute atomic E-state index is 11.8. The Morgan fingerprint density at radius 3 is 2.07 bits per heavy atom. The molecule has 0 heterocycles. The van der Waals surface area contributed by atoms with Gasteiger partial charge < -0.3 is 19.3 Å². The lowest BCUT2D eigenvalue weighted by Crippen LogP contribution is -2.30. The largest absolute Gasteiger partial charge is 0.466 e. The number of ether oxygens (including phenoxy) is 3. The number of esters is 3. The van der Waals surface area contributed by atoms with Gasteiger partial charge >= 0.3 is 17.9 Å². The van der Waals surface area contributed by atoms with Gasteiger partial charge in [-0.05, 0) is 58.8 Å². The lowest BCUT2D eigenvalue weighted by molar-refractivity contribution is -0.151. The summed E-state index contributed by atoms with van der Waals surface area (Å²) in [7, 11) is 0. The Morgan fingerprint density at radius 1 is 0.966 bits per heavy atom. The van der Waals surface area contributed by atoms with E-state index in [1.165, 1.54) is 0 Å². The Labute approximate surface area is 174 Å². The molecule has 0 aromatic heterocycles. The first-order chi connectivity index (χ1) is 13.7. The van der Waals surface area contributed by atoms with Crippen molar-refractivity contribution in [3.8, 4) is 0 Å². The molecule has 0 rings (SSSR count). The van der Waals surface area contributed by atoms with Crippen molar-refractivity contribution < 1.29 is 33.7 Å². The minimum atomic E-state index is -0.818. The summed E-state index contributed by atoms with van der Waals surface area (Å²) in [5, 5.41) is 9.99. The number of hydrogen-bond acceptors (Lipinski definition) is 7. The van der Waals surface area contributed by atoms with Crippen molar-refractivity contribution in [2.75, 3.05) is 13.2 Å². The molecule has 0 fully saturated rings. The Balaban J connectivity index is 3.57. The summed E-state index contributed by atoms with van der Waals surface area (Å²) >= 11 is 0. The van der Waals surface area contributed by atoms with Crippen molar-refractivity contribution in [1.29, 1.82) is 0 Å². The van der Waals surface area contributed by atoms with E-state index in [0.29, 0.717) is 64.6 Å². The average molecular weight is 415 g/mol. The van der Waals surface area contributed by atoms with Crippen LogP contribution in [0.4, 0.5) is 0 Å². The second kappa shape index (κ2) is 16.0. The second-order valence-corrected chi connectivity index (χ2v) is 7.57. The van der Waals surface area contributed by atoms with E-state index < -0.39 is 11.6 Å². The third kappa shape index (κ3) is 16.7. The minimum absolute atomic E-state index is 0.232. The average Bonchev–Trinajstić information content (AvgIpc) is 2.66. The van der Waals surface area contributed by atoms with Crippen LogP contribution in [0, 0.1) is 0 Å². The summed E-state index contributed by atoms with van der Waals surface area (Å²) in [6.45, 7) is 9.41. The highest BCUT2D eigenvalue weighted by Gasteiger charge is 2.23. The van der Waals surface area contributed by atoms with Gasteiger partial charge in [0, 0.05) is 25.3 Å². The Bertz CT molecular complexity index is 499. The third-order valence-corrected chi connectivity index (χ3v) is 4.55. The normalized spacial score (nSPS) is 13.8. The summed E-state index contributed by atoms with van der Waals surface area (Å²) in [5.74, 6) is -0.929. The van der Waals surface area contributed by atoms with Crippen LogP contribution >= 0.6 is 0 Å². The fraction of sp³-hybridized carbons (Fsp3) is 0.773. The van der Waals surface area contributed by atoms with Gasteiger partial charge in [-0.2, -0.15) is 0 Å². The van der Waals surface area contributed by atoms with Crippen LogP contribution in [0.5, 0.6) is 0 Å². The van der Waals surface area contributed by atoms with Crippen LogP contribution in [-0.2, 0) is 28.6 Å². The van der Waals surface area contributed by atoms with E-state index in [-0.39, 0.29) is 18.0 Å². The molecule has 0 aliphatic rings. The zero-order valence-corrected chi connectivity index (χ0v) is 18.2. The van der Waals surface area contributed by atoms with E-state index in [1.807, 2.05) is 6.92 Å². The van der Waals surface area contributed by atoms with Crippen molar-refractivity contribution in [1.82, 2.24) is 0 Å². The Hall–Kier alpha value is -1.89. The monoisotopic (exact) mass is 414 g/mol. The Kier molecular flexibility index (Phi) is 14.9. The molecule has 7 heteroatoms. The highest BCUT2D eigenvalue weighted by molar-refractivity contribution is 5.81. The zero-order chi connectivity index (χ0) is 22.1. The first kappa shape index (κ1) is 27.1. The van der Waals surface area contributed by atoms with E-state index in [0.717, 1.165) is 18.9 Å². The van der Waals surface area contributed by atoms with Gasteiger partial charge in [0.1, 0.15) is 6.10 Å². The summed E-state index contributed by atoms with van der Waals surface area (Å²) < 4.78 is 15.3. The van der Waals surface area contributed by atoms with Crippen molar-refractivity contribution in [3.63, 3.8) is 0 Å². The molecular formula is C22H38O7. The predicted molar refractivity (Wildman–Crippen MR) is 110 cm³/mol. The predicted octanol–water partition coefficient (Wildman–Crippen LogP) is 3.86. The van der Waals surface area contributed by atoms with Crippen LogP contribution in [0.15, 0.2) is 12.7 Å². The number of aliphatic hydroxyl groups is 1. The summed E-state index contributed by atoms with van der Waals surface area (Å²) in [6.07, 6.45) is 6.86. The molecule has 0 spiro atoms. The summed E-state index contributed by atoms with van der Waals surface area (Å²) in [6, 6.07) is 0. The molecule has 0 bridgehead atoms. The molecule has 0 aliphatic heterocycles. The van der Waals surface area contributed by atoms with Crippen molar-refractivity contribution in [3.05, 3.63) is 12.7 Å². The lowest BCUT2D eigenvalue weighted by atomic mass is 9.96. The molecule has 168 valence electrons. The molecule has 0 saturated carbocycles. The van der Waals surface area contributed by atoms with E-state index in [1.54, 1.807) is 13.8 Å². The first-order valence-electron chi connectivity index (χ1n) is 10.6. The van der Waals surface area contributed by atoms with E-state index in [4.69, 9.17) is 14.2 Å². The number of unbranched alkanes of at least 4 members (excludes halogenated alkanes) is 4. The van der Waals surface area contributed by atoms with Crippen LogP contribution in [0.1, 0.15) is 85.0 Å². The number of carbonyl (C=O) groups is 3. The van der Waals surface area contributed by atoms with Gasteiger partial charge in [-0.1, -0.05) is 13.5 Å². The molecule has 0 radical (unpaired) electrons. The highest BCUT2D eigenvalue weighted by Crippen LogP contribution is 2.18. The third-order valence-electron chi connectivity index (χ3n) is 4.55. The molecule has 29 heavy (non-hydrogen) atoms. The van der Waals surface area contributed by atoms with Crippen LogP contribution in [-0.4, -0.2) is 47.9 Å². The van der Waals surface area contributed by atoms with E-state index in [2.05, 4.69) is 6.58 Å². The van der Waals surface area contributed by atoms with Gasteiger partial charge in [-0.25, -0.2) is 4.79 Å². The molecule has 2 unspecified atom stereocenters. The fourth-order valence-corrected chi connectivity index (χ4v) is 2.67. The second-order valence-electron chi connectivity index (χ2n) is 7.57. The van der Waals surface area contributed by atoms with Gasteiger partial charge in [0.25, 0.3) is 0 Å². The summed E-state index contributed by atoms with van der Waals surface area (Å²) in [5.41, 5.74) is -0.818. The number of carbonyl (C=O) groups excluding carboxylic acids is 3. The quantitative estimate of drug-likeness (QED) is 0.167. The van der Waals surface area contributed by atoms with Gasteiger partial charge in [0.2, 0.25) is 0 Å². The van der Waals surface area contributed by atoms with Crippen molar-refractivity contribution in [2.24, 2.45) is 0 Å². The smallest absolute Gasteiger partial charge is 0.330 e. The van der Waals surface area contributed by atoms with Gasteiger partial charge in [0.05, 0.1) is 18.8 Å². The van der Waals surface area contributed by atoms with Crippen molar-refractivity contribution >= 4 is 17.9 Å². The van der Waals surface area contributed by atoms with E-state index in [9.17, 15) is 19.5 Å². The summed E-state index contributed by atoms with van der Waals surface area (Å²) in [4.78, 5) is 34.3. The Morgan fingerprint density at radius 2 is 1.52 bits per heavy atom. The molecule has 1 N–H and O–H groups in total. The number of hydrogen-bond donors (Lipinski definition) is 1. The van der Waals surface area contributed by atoms with Crippen LogP contribution in [0.2, 0.25) is 0 Å². The molecule has 0 aliphatic carbocycles. The van der Waals surface area contributed by atoms with E-state index >= 15 is 0 Å². The van der Waals surface area contributed by atoms with Gasteiger partial charge in [-0.15, -0.1) is 0 Å². The first-order valence-corrected chi connectivity index (χ1v) is 10.6. The fourth-order valence-electron chi connectivity index (χ4n) is 2.67. The number of rotatable bonds is 17. The SMILES string of the molecule is C=CC(=O)OCCCCCC(=O)OCCCCCC(=O)OC(C)CC(C)(O)CC. The standard InChI is InChI=1S/C22H38O7/c1-5-19(23)27-15-11-7-9-13-20(24)28-16-12-8-10-14-21(25)29-18(3)17-22(4,26)6-2/h5,18,26H,1,6-17H2,2-4H3. The molecule has 0 amide bonds. The highest BCUT2D eigenvalue weighted by atomic mass is 16.5. The van der Waals surface area contributed by atoms with Gasteiger partial charge in [-0.3, -0.25) is 9.59 Å². The maximum atomic E-state index is 11.8. The zero-order valence-electron chi connectivity index (χ0n) is 18.2. The molecular weight excluding hydrogens is 376 g/mol. The molecule has 0 aromatic rings.